The molecule has 8 heteroatoms. The molecule has 1 fully saturated rings. The largest absolute Gasteiger partial charge is 0.493 e. The van der Waals surface area contributed by atoms with Gasteiger partial charge in [-0.25, -0.2) is 5.84 Å². The van der Waals surface area contributed by atoms with Gasteiger partial charge in [0.1, 0.15) is 0 Å². The molecule has 2 amide bonds. The summed E-state index contributed by atoms with van der Waals surface area (Å²) in [6, 6.07) is 5.06. The van der Waals surface area contributed by atoms with Crippen LogP contribution in [0.3, 0.4) is 0 Å². The number of nitrogens with two attached hydrogens (primary N) is 1. The van der Waals surface area contributed by atoms with Crippen molar-refractivity contribution in [1.29, 1.82) is 0 Å². The van der Waals surface area contributed by atoms with Gasteiger partial charge in [0.05, 0.1) is 26.7 Å². The standard InChI is InChI=1S/C15H22N4O4/c1-22-12-4-3-10(7-13(12)23-2)9-19-6-5-17-15(21)11(19)8-14(20)18-16/h3-4,7,11H,5-6,8-9,16H2,1-2H3,(H,17,21)(H,18,20). The van der Waals surface area contributed by atoms with Crippen molar-refractivity contribution in [3.8, 4) is 11.5 Å². The van der Waals surface area contributed by atoms with Crippen molar-refractivity contribution in [3.63, 3.8) is 0 Å². The second-order valence-electron chi connectivity index (χ2n) is 5.24. The molecular weight excluding hydrogens is 300 g/mol. The Balaban J connectivity index is 2.15. The first kappa shape index (κ1) is 17.0. The Morgan fingerprint density at radius 3 is 2.78 bits per heavy atom. The zero-order valence-corrected chi connectivity index (χ0v) is 13.3. The molecule has 0 aromatic heterocycles. The van der Waals surface area contributed by atoms with Crippen LogP contribution >= 0.6 is 0 Å². The molecule has 23 heavy (non-hydrogen) atoms. The topological polar surface area (TPSA) is 106 Å². The number of ether oxygens (including phenoxy) is 2. The van der Waals surface area contributed by atoms with Crippen molar-refractivity contribution in [2.24, 2.45) is 5.84 Å². The molecule has 0 aliphatic carbocycles. The van der Waals surface area contributed by atoms with Crippen LogP contribution in [0, 0.1) is 0 Å². The van der Waals surface area contributed by atoms with Crippen LogP contribution in [0.5, 0.6) is 11.5 Å². The van der Waals surface area contributed by atoms with Crippen molar-refractivity contribution in [2.75, 3.05) is 27.3 Å². The third kappa shape index (κ3) is 4.11. The lowest BCUT2D eigenvalue weighted by molar-refractivity contribution is -0.134. The van der Waals surface area contributed by atoms with Crippen molar-refractivity contribution >= 4 is 11.8 Å². The number of nitrogens with zero attached hydrogens (tertiary/aromatic N) is 1. The highest BCUT2D eigenvalue weighted by Gasteiger charge is 2.31. The van der Waals surface area contributed by atoms with Gasteiger partial charge < -0.3 is 14.8 Å². The molecule has 2 rings (SSSR count). The van der Waals surface area contributed by atoms with E-state index < -0.39 is 6.04 Å². The SMILES string of the molecule is COc1ccc(CN2CCNC(=O)C2CC(=O)NN)cc1OC. The van der Waals surface area contributed by atoms with E-state index >= 15 is 0 Å². The molecule has 1 aromatic carbocycles. The van der Waals surface area contributed by atoms with E-state index in [9.17, 15) is 9.59 Å². The number of rotatable bonds is 6. The summed E-state index contributed by atoms with van der Waals surface area (Å²) in [4.78, 5) is 25.5. The van der Waals surface area contributed by atoms with Crippen molar-refractivity contribution < 1.29 is 19.1 Å². The highest BCUT2D eigenvalue weighted by atomic mass is 16.5. The summed E-state index contributed by atoms with van der Waals surface area (Å²) in [7, 11) is 3.15. The summed E-state index contributed by atoms with van der Waals surface area (Å²) in [5, 5.41) is 2.77. The zero-order valence-electron chi connectivity index (χ0n) is 13.3. The molecular formula is C15H22N4O4. The van der Waals surface area contributed by atoms with Crippen LogP contribution in [0.4, 0.5) is 0 Å². The van der Waals surface area contributed by atoms with E-state index in [1.165, 1.54) is 0 Å². The summed E-state index contributed by atoms with van der Waals surface area (Å²) in [5.41, 5.74) is 3.04. The van der Waals surface area contributed by atoms with Crippen LogP contribution in [-0.4, -0.2) is 50.1 Å². The number of nitrogens with one attached hydrogen (secondary N) is 2. The molecule has 0 saturated carbocycles. The Morgan fingerprint density at radius 1 is 1.39 bits per heavy atom. The first-order valence-electron chi connectivity index (χ1n) is 7.31. The molecule has 1 aliphatic heterocycles. The fraction of sp³-hybridized carbons (Fsp3) is 0.467. The van der Waals surface area contributed by atoms with Gasteiger partial charge in [-0.15, -0.1) is 0 Å². The predicted molar refractivity (Wildman–Crippen MR) is 83.7 cm³/mol. The summed E-state index contributed by atoms with van der Waals surface area (Å²) in [5.74, 6) is 5.86. The maximum Gasteiger partial charge on any atom is 0.237 e. The van der Waals surface area contributed by atoms with Gasteiger partial charge >= 0.3 is 0 Å². The smallest absolute Gasteiger partial charge is 0.237 e. The Kier molecular flexibility index (Phi) is 5.78. The van der Waals surface area contributed by atoms with E-state index in [1.807, 2.05) is 23.1 Å². The van der Waals surface area contributed by atoms with Gasteiger partial charge in [0, 0.05) is 19.6 Å². The highest BCUT2D eigenvalue weighted by molar-refractivity contribution is 5.88. The molecule has 0 radical (unpaired) electrons. The second-order valence-corrected chi connectivity index (χ2v) is 5.24. The minimum atomic E-state index is -0.541. The normalized spacial score (nSPS) is 18.2. The van der Waals surface area contributed by atoms with Crippen LogP contribution in [0.2, 0.25) is 0 Å². The lowest BCUT2D eigenvalue weighted by atomic mass is 10.1. The van der Waals surface area contributed by atoms with E-state index in [0.717, 1.165) is 5.56 Å². The zero-order chi connectivity index (χ0) is 16.8. The van der Waals surface area contributed by atoms with Crippen molar-refractivity contribution in [2.45, 2.75) is 19.0 Å². The number of hydrogen-bond acceptors (Lipinski definition) is 6. The molecule has 1 saturated heterocycles. The van der Waals surface area contributed by atoms with Gasteiger partial charge in [-0.2, -0.15) is 0 Å². The Morgan fingerprint density at radius 2 is 2.13 bits per heavy atom. The monoisotopic (exact) mass is 322 g/mol. The molecule has 1 aliphatic rings. The number of carbonyl (C=O) groups excluding carboxylic acids is 2. The minimum Gasteiger partial charge on any atom is -0.493 e. The van der Waals surface area contributed by atoms with Gasteiger partial charge in [0.25, 0.3) is 0 Å². The van der Waals surface area contributed by atoms with Crippen LogP contribution in [-0.2, 0) is 16.1 Å². The molecule has 1 atom stereocenters. The number of hydrogen-bond donors (Lipinski definition) is 3. The molecule has 8 nitrogen and oxygen atoms in total. The molecule has 4 N–H and O–H groups in total. The van der Waals surface area contributed by atoms with Crippen molar-refractivity contribution in [1.82, 2.24) is 15.6 Å². The minimum absolute atomic E-state index is 0.0234. The lowest BCUT2D eigenvalue weighted by Gasteiger charge is -2.34. The van der Waals surface area contributed by atoms with Gasteiger partial charge in [0.2, 0.25) is 11.8 Å². The maximum atomic E-state index is 12.1. The summed E-state index contributed by atoms with van der Waals surface area (Å²) >= 11 is 0. The second kappa shape index (κ2) is 7.80. The lowest BCUT2D eigenvalue weighted by Crippen LogP contribution is -2.56. The number of carbonyl (C=O) groups is 2. The number of benzene rings is 1. The van der Waals surface area contributed by atoms with Gasteiger partial charge in [-0.05, 0) is 17.7 Å². The van der Waals surface area contributed by atoms with E-state index in [4.69, 9.17) is 15.3 Å². The third-order valence-corrected chi connectivity index (χ3v) is 3.82. The average Bonchev–Trinajstić information content (AvgIpc) is 2.57. The first-order chi connectivity index (χ1) is 11.1. The van der Waals surface area contributed by atoms with E-state index in [1.54, 1.807) is 14.2 Å². The van der Waals surface area contributed by atoms with Gasteiger partial charge in [-0.3, -0.25) is 19.9 Å². The Hall–Kier alpha value is -2.32. The fourth-order valence-corrected chi connectivity index (χ4v) is 2.62. The van der Waals surface area contributed by atoms with Crippen molar-refractivity contribution in [3.05, 3.63) is 23.8 Å². The summed E-state index contributed by atoms with van der Waals surface area (Å²) in [6.45, 7) is 1.73. The highest BCUT2D eigenvalue weighted by Crippen LogP contribution is 2.28. The third-order valence-electron chi connectivity index (χ3n) is 3.82. The first-order valence-corrected chi connectivity index (χ1v) is 7.31. The van der Waals surface area contributed by atoms with Gasteiger partial charge in [0.15, 0.2) is 11.5 Å². The number of hydrazine groups is 1. The quantitative estimate of drug-likeness (QED) is 0.366. The number of methoxy groups -OCH3 is 2. The molecule has 1 unspecified atom stereocenters. The predicted octanol–water partition coefficient (Wildman–Crippen LogP) is -0.616. The number of amides is 2. The molecule has 1 heterocycles. The van der Waals surface area contributed by atoms with Crippen LogP contribution in [0.15, 0.2) is 18.2 Å². The summed E-state index contributed by atoms with van der Waals surface area (Å²) < 4.78 is 10.5. The molecule has 0 bridgehead atoms. The maximum absolute atomic E-state index is 12.1. The average molecular weight is 322 g/mol. The van der Waals surface area contributed by atoms with Gasteiger partial charge in [-0.1, -0.05) is 6.07 Å². The van der Waals surface area contributed by atoms with E-state index in [2.05, 4.69) is 10.7 Å². The van der Waals surface area contributed by atoms with E-state index in [-0.39, 0.29) is 18.2 Å². The Bertz CT molecular complexity index is 579. The number of piperazine rings is 1. The molecule has 0 spiro atoms. The van der Waals surface area contributed by atoms with Crippen LogP contribution < -0.4 is 26.1 Å². The molecule has 1 aromatic rings. The van der Waals surface area contributed by atoms with Crippen LogP contribution in [0.25, 0.3) is 0 Å². The molecule has 126 valence electrons. The fourth-order valence-electron chi connectivity index (χ4n) is 2.62. The Labute approximate surface area is 134 Å². The summed E-state index contributed by atoms with van der Waals surface area (Å²) in [6.07, 6.45) is 0.0234. The van der Waals surface area contributed by atoms with Crippen LogP contribution in [0.1, 0.15) is 12.0 Å². The van der Waals surface area contributed by atoms with E-state index in [0.29, 0.717) is 31.1 Å².